The standard InChI is InChI=1S/C16H22ClN3O/c1-10(2)18-16(21)12(4)20-14-6-5-11(3)9-13(14)19-15(20)7-8-17/h5-6,9-10,12H,7-8H2,1-4H3,(H,18,21). The summed E-state index contributed by atoms with van der Waals surface area (Å²) in [6.45, 7) is 7.85. The molecule has 0 saturated carbocycles. The molecule has 0 saturated heterocycles. The Morgan fingerprint density at radius 1 is 1.38 bits per heavy atom. The molecule has 0 aliphatic heterocycles. The van der Waals surface area contributed by atoms with Crippen molar-refractivity contribution in [3.63, 3.8) is 0 Å². The van der Waals surface area contributed by atoms with Gasteiger partial charge in [0.05, 0.1) is 11.0 Å². The minimum Gasteiger partial charge on any atom is -0.352 e. The fourth-order valence-electron chi connectivity index (χ4n) is 2.47. The molecule has 1 aromatic carbocycles. The molecule has 1 aromatic heterocycles. The first kappa shape index (κ1) is 15.8. The number of aromatic nitrogens is 2. The van der Waals surface area contributed by atoms with Crippen molar-refractivity contribution in [2.45, 2.75) is 46.2 Å². The van der Waals surface area contributed by atoms with Crippen molar-refractivity contribution >= 4 is 28.5 Å². The predicted molar refractivity (Wildman–Crippen MR) is 86.9 cm³/mol. The summed E-state index contributed by atoms with van der Waals surface area (Å²) in [6.07, 6.45) is 0.647. The average Bonchev–Trinajstić information content (AvgIpc) is 2.74. The largest absolute Gasteiger partial charge is 0.352 e. The van der Waals surface area contributed by atoms with E-state index in [9.17, 15) is 4.79 Å². The number of benzene rings is 1. The zero-order valence-corrected chi connectivity index (χ0v) is 13.7. The van der Waals surface area contributed by atoms with Crippen LogP contribution in [0, 0.1) is 6.92 Å². The molecule has 1 heterocycles. The Kier molecular flexibility index (Phi) is 4.88. The normalized spacial score (nSPS) is 12.9. The Morgan fingerprint density at radius 3 is 2.71 bits per heavy atom. The Hall–Kier alpha value is -1.55. The lowest BCUT2D eigenvalue weighted by Gasteiger charge is -2.18. The zero-order chi connectivity index (χ0) is 15.6. The molecule has 1 N–H and O–H groups in total. The first-order valence-corrected chi connectivity index (χ1v) is 7.81. The van der Waals surface area contributed by atoms with E-state index in [1.54, 1.807) is 0 Å². The summed E-state index contributed by atoms with van der Waals surface area (Å²) >= 11 is 5.88. The first-order chi connectivity index (χ1) is 9.93. The Balaban J connectivity index is 2.49. The predicted octanol–water partition coefficient (Wildman–Crippen LogP) is 3.21. The highest BCUT2D eigenvalue weighted by atomic mass is 35.5. The van der Waals surface area contributed by atoms with E-state index in [1.165, 1.54) is 0 Å². The number of nitrogens with zero attached hydrogens (tertiary/aromatic N) is 2. The number of aryl methyl sites for hydroxylation is 2. The molecular weight excluding hydrogens is 286 g/mol. The van der Waals surface area contributed by atoms with E-state index < -0.39 is 0 Å². The van der Waals surface area contributed by atoms with Gasteiger partial charge in [-0.2, -0.15) is 0 Å². The fourth-order valence-corrected chi connectivity index (χ4v) is 2.64. The number of nitrogens with one attached hydrogen (secondary N) is 1. The van der Waals surface area contributed by atoms with Crippen molar-refractivity contribution in [3.05, 3.63) is 29.6 Å². The number of carbonyl (C=O) groups excluding carboxylic acids is 1. The molecule has 5 heteroatoms. The van der Waals surface area contributed by atoms with E-state index in [-0.39, 0.29) is 18.0 Å². The summed E-state index contributed by atoms with van der Waals surface area (Å²) < 4.78 is 1.99. The van der Waals surface area contributed by atoms with E-state index in [4.69, 9.17) is 11.6 Å². The molecule has 114 valence electrons. The van der Waals surface area contributed by atoms with Gasteiger partial charge in [0, 0.05) is 18.3 Å². The van der Waals surface area contributed by atoms with Crippen LogP contribution in [-0.4, -0.2) is 27.4 Å². The van der Waals surface area contributed by atoms with Gasteiger partial charge in [0.25, 0.3) is 0 Å². The quantitative estimate of drug-likeness (QED) is 0.862. The maximum absolute atomic E-state index is 12.3. The van der Waals surface area contributed by atoms with Crippen LogP contribution < -0.4 is 5.32 Å². The van der Waals surface area contributed by atoms with Gasteiger partial charge in [-0.25, -0.2) is 4.98 Å². The molecule has 0 radical (unpaired) electrons. The highest BCUT2D eigenvalue weighted by molar-refractivity contribution is 6.17. The average molecular weight is 308 g/mol. The Bertz CT molecular complexity index is 648. The Morgan fingerprint density at radius 2 is 2.10 bits per heavy atom. The van der Waals surface area contributed by atoms with Crippen molar-refractivity contribution in [1.29, 1.82) is 0 Å². The van der Waals surface area contributed by atoms with Crippen LogP contribution in [0.4, 0.5) is 0 Å². The van der Waals surface area contributed by atoms with Crippen molar-refractivity contribution in [2.24, 2.45) is 0 Å². The molecular formula is C16H22ClN3O. The topological polar surface area (TPSA) is 46.9 Å². The molecule has 1 unspecified atom stereocenters. The third kappa shape index (κ3) is 3.38. The van der Waals surface area contributed by atoms with Crippen LogP contribution in [0.25, 0.3) is 11.0 Å². The SMILES string of the molecule is Cc1ccc2c(c1)nc(CCCl)n2C(C)C(=O)NC(C)C. The van der Waals surface area contributed by atoms with Gasteiger partial charge < -0.3 is 9.88 Å². The van der Waals surface area contributed by atoms with Crippen molar-refractivity contribution in [2.75, 3.05) is 5.88 Å². The third-order valence-corrected chi connectivity index (χ3v) is 3.62. The van der Waals surface area contributed by atoms with Crippen LogP contribution in [-0.2, 0) is 11.2 Å². The van der Waals surface area contributed by atoms with E-state index in [2.05, 4.69) is 10.3 Å². The number of carbonyl (C=O) groups is 1. The minimum atomic E-state index is -0.307. The summed E-state index contributed by atoms with van der Waals surface area (Å²) in [5.74, 6) is 1.35. The van der Waals surface area contributed by atoms with Gasteiger partial charge >= 0.3 is 0 Å². The number of imidazole rings is 1. The van der Waals surface area contributed by atoms with Crippen LogP contribution in [0.3, 0.4) is 0 Å². The lowest BCUT2D eigenvalue weighted by Crippen LogP contribution is -2.36. The highest BCUT2D eigenvalue weighted by Gasteiger charge is 2.21. The van der Waals surface area contributed by atoms with Crippen LogP contribution in [0.5, 0.6) is 0 Å². The van der Waals surface area contributed by atoms with Crippen LogP contribution in [0.1, 0.15) is 38.2 Å². The maximum Gasteiger partial charge on any atom is 0.243 e. The van der Waals surface area contributed by atoms with Crippen LogP contribution in [0.2, 0.25) is 0 Å². The fraction of sp³-hybridized carbons (Fsp3) is 0.500. The number of fused-ring (bicyclic) bond motifs is 1. The van der Waals surface area contributed by atoms with E-state index in [1.807, 2.05) is 50.5 Å². The maximum atomic E-state index is 12.3. The zero-order valence-electron chi connectivity index (χ0n) is 13.0. The number of hydrogen-bond donors (Lipinski definition) is 1. The Labute approximate surface area is 130 Å². The van der Waals surface area contributed by atoms with Crippen molar-refractivity contribution < 1.29 is 4.79 Å². The molecule has 4 nitrogen and oxygen atoms in total. The molecule has 21 heavy (non-hydrogen) atoms. The number of rotatable bonds is 5. The minimum absolute atomic E-state index is 0.000646. The smallest absolute Gasteiger partial charge is 0.243 e. The molecule has 2 aromatic rings. The van der Waals surface area contributed by atoms with Gasteiger partial charge in [0.15, 0.2) is 0 Å². The number of hydrogen-bond acceptors (Lipinski definition) is 2. The molecule has 2 rings (SSSR count). The number of halogens is 1. The number of alkyl halides is 1. The first-order valence-electron chi connectivity index (χ1n) is 7.27. The molecule has 0 bridgehead atoms. The summed E-state index contributed by atoms with van der Waals surface area (Å²) in [5.41, 5.74) is 3.05. The number of amides is 1. The van der Waals surface area contributed by atoms with Gasteiger partial charge in [0.2, 0.25) is 5.91 Å². The summed E-state index contributed by atoms with van der Waals surface area (Å²) in [6, 6.07) is 5.91. The highest BCUT2D eigenvalue weighted by Crippen LogP contribution is 2.23. The van der Waals surface area contributed by atoms with Crippen LogP contribution >= 0.6 is 11.6 Å². The molecule has 0 aliphatic rings. The second-order valence-electron chi connectivity index (χ2n) is 5.67. The summed E-state index contributed by atoms with van der Waals surface area (Å²) in [7, 11) is 0. The van der Waals surface area contributed by atoms with Gasteiger partial charge in [0.1, 0.15) is 11.9 Å². The third-order valence-electron chi connectivity index (χ3n) is 3.43. The summed E-state index contributed by atoms with van der Waals surface area (Å²) in [4.78, 5) is 17.0. The lowest BCUT2D eigenvalue weighted by atomic mass is 10.2. The second kappa shape index (κ2) is 6.48. The second-order valence-corrected chi connectivity index (χ2v) is 6.05. The van der Waals surface area contributed by atoms with Gasteiger partial charge in [-0.1, -0.05) is 6.07 Å². The molecule has 0 fully saturated rings. The molecule has 0 spiro atoms. The van der Waals surface area contributed by atoms with Crippen molar-refractivity contribution in [1.82, 2.24) is 14.9 Å². The van der Waals surface area contributed by atoms with E-state index in [0.717, 1.165) is 22.4 Å². The monoisotopic (exact) mass is 307 g/mol. The van der Waals surface area contributed by atoms with Crippen LogP contribution in [0.15, 0.2) is 18.2 Å². The molecule has 0 aliphatic carbocycles. The lowest BCUT2D eigenvalue weighted by molar-refractivity contribution is -0.124. The van der Waals surface area contributed by atoms with Gasteiger partial charge in [-0.05, 0) is 45.4 Å². The molecule has 1 amide bonds. The van der Waals surface area contributed by atoms with Gasteiger partial charge in [-0.15, -0.1) is 11.6 Å². The van der Waals surface area contributed by atoms with Crippen molar-refractivity contribution in [3.8, 4) is 0 Å². The molecule has 1 atom stereocenters. The van der Waals surface area contributed by atoms with E-state index >= 15 is 0 Å². The van der Waals surface area contributed by atoms with Gasteiger partial charge in [-0.3, -0.25) is 4.79 Å². The van der Waals surface area contributed by atoms with E-state index in [0.29, 0.717) is 12.3 Å². The summed E-state index contributed by atoms with van der Waals surface area (Å²) in [5, 5.41) is 2.96.